The second-order valence-corrected chi connectivity index (χ2v) is 11.7. The molecule has 4 N–H and O–H groups in total. The zero-order valence-electron chi connectivity index (χ0n) is 24.4. The SMILES string of the molecule is C[C@@H](O)CNC(C)(C)CC(=O)N[C@@H]1CCc2ccccc2N(Cc2ccc(-c3ccccc3-c3c[nH]cn3)cc2)C1=O. The van der Waals surface area contributed by atoms with Crippen molar-refractivity contribution in [1.82, 2.24) is 20.6 Å². The maximum absolute atomic E-state index is 13.9. The number of aryl methyl sites for hydroxylation is 1. The Morgan fingerprint density at radius 2 is 1.79 bits per heavy atom. The minimum Gasteiger partial charge on any atom is -0.392 e. The highest BCUT2D eigenvalue weighted by Crippen LogP contribution is 2.32. The lowest BCUT2D eigenvalue weighted by Crippen LogP contribution is -2.51. The summed E-state index contributed by atoms with van der Waals surface area (Å²) in [4.78, 5) is 36.3. The molecule has 1 aromatic heterocycles. The Kier molecular flexibility index (Phi) is 8.85. The normalized spacial score (nSPS) is 16.0. The van der Waals surface area contributed by atoms with Crippen molar-refractivity contribution in [1.29, 1.82) is 0 Å². The molecule has 0 radical (unpaired) electrons. The molecular weight excluding hydrogens is 526 g/mol. The molecule has 3 aromatic carbocycles. The highest BCUT2D eigenvalue weighted by atomic mass is 16.3. The number of hydrogen-bond acceptors (Lipinski definition) is 5. The number of carbonyl (C=O) groups is 2. The molecule has 0 saturated carbocycles. The Balaban J connectivity index is 1.34. The van der Waals surface area contributed by atoms with Gasteiger partial charge < -0.3 is 25.6 Å². The van der Waals surface area contributed by atoms with Gasteiger partial charge in [-0.1, -0.05) is 66.7 Å². The summed E-state index contributed by atoms with van der Waals surface area (Å²) in [5, 5.41) is 15.9. The average molecular weight is 566 g/mol. The van der Waals surface area contributed by atoms with Crippen molar-refractivity contribution in [3.63, 3.8) is 0 Å². The van der Waals surface area contributed by atoms with Crippen LogP contribution in [-0.2, 0) is 22.6 Å². The molecule has 0 fully saturated rings. The lowest BCUT2D eigenvalue weighted by atomic mass is 9.97. The van der Waals surface area contributed by atoms with Gasteiger partial charge in [-0.15, -0.1) is 0 Å². The van der Waals surface area contributed by atoms with Gasteiger partial charge >= 0.3 is 0 Å². The van der Waals surface area contributed by atoms with Gasteiger partial charge in [0, 0.05) is 36.0 Å². The molecule has 218 valence electrons. The third-order valence-corrected chi connectivity index (χ3v) is 7.67. The summed E-state index contributed by atoms with van der Waals surface area (Å²) in [6.45, 7) is 6.32. The molecule has 8 heteroatoms. The van der Waals surface area contributed by atoms with Crippen molar-refractivity contribution in [2.24, 2.45) is 0 Å². The van der Waals surface area contributed by atoms with Crippen LogP contribution in [-0.4, -0.2) is 51.1 Å². The topological polar surface area (TPSA) is 110 Å². The maximum Gasteiger partial charge on any atom is 0.249 e. The predicted molar refractivity (Wildman–Crippen MR) is 166 cm³/mol. The van der Waals surface area contributed by atoms with Gasteiger partial charge in [0.1, 0.15) is 6.04 Å². The van der Waals surface area contributed by atoms with Gasteiger partial charge in [0.2, 0.25) is 11.8 Å². The molecule has 42 heavy (non-hydrogen) atoms. The van der Waals surface area contributed by atoms with E-state index in [0.29, 0.717) is 25.9 Å². The Bertz CT molecular complexity index is 1510. The van der Waals surface area contributed by atoms with Gasteiger partial charge in [-0.2, -0.15) is 0 Å². The Labute approximate surface area is 247 Å². The molecule has 0 bridgehead atoms. The van der Waals surface area contributed by atoms with E-state index in [0.717, 1.165) is 39.2 Å². The van der Waals surface area contributed by atoms with E-state index in [9.17, 15) is 14.7 Å². The summed E-state index contributed by atoms with van der Waals surface area (Å²) in [5.74, 6) is -0.307. The monoisotopic (exact) mass is 565 g/mol. The highest BCUT2D eigenvalue weighted by molar-refractivity contribution is 6.00. The standard InChI is InChI=1S/C34H39N5O3/c1-23(40)19-37-34(2,3)18-32(41)38-29-17-16-26-8-4-7-11-31(26)39(33(29)42)21-24-12-14-25(15-13-24)27-9-5-6-10-28(27)30-20-35-22-36-30/h4-15,20,22-23,29,37,40H,16-19,21H2,1-3H3,(H,35,36)(H,38,41)/t23-,29-/m1/s1. The summed E-state index contributed by atoms with van der Waals surface area (Å²) in [5.41, 5.74) is 6.53. The van der Waals surface area contributed by atoms with E-state index in [1.165, 1.54) is 0 Å². The van der Waals surface area contributed by atoms with Crippen LogP contribution >= 0.6 is 0 Å². The lowest BCUT2D eigenvalue weighted by Gasteiger charge is -2.29. The van der Waals surface area contributed by atoms with Crippen molar-refractivity contribution in [3.05, 3.63) is 96.4 Å². The van der Waals surface area contributed by atoms with Crippen LogP contribution in [0.1, 0.15) is 44.7 Å². The second-order valence-electron chi connectivity index (χ2n) is 11.7. The van der Waals surface area contributed by atoms with Crippen molar-refractivity contribution >= 4 is 17.5 Å². The number of β-amino-alcohol motifs (C(OH)–C–C–N with tert-alkyl or cyclic N) is 1. The summed E-state index contributed by atoms with van der Waals surface area (Å²) >= 11 is 0. The first-order chi connectivity index (χ1) is 20.2. The van der Waals surface area contributed by atoms with Crippen LogP contribution in [0.2, 0.25) is 0 Å². The molecule has 0 aliphatic carbocycles. The van der Waals surface area contributed by atoms with Crippen LogP contribution in [0.4, 0.5) is 5.69 Å². The number of nitrogens with one attached hydrogen (secondary N) is 3. The molecule has 1 aliphatic heterocycles. The molecule has 4 aromatic rings. The van der Waals surface area contributed by atoms with Crippen LogP contribution in [0, 0.1) is 0 Å². The largest absolute Gasteiger partial charge is 0.392 e. The molecular formula is C34H39N5O3. The third-order valence-electron chi connectivity index (χ3n) is 7.67. The Morgan fingerprint density at radius 1 is 1.07 bits per heavy atom. The second kappa shape index (κ2) is 12.7. The zero-order chi connectivity index (χ0) is 29.7. The van der Waals surface area contributed by atoms with Gasteiger partial charge in [-0.05, 0) is 61.9 Å². The summed E-state index contributed by atoms with van der Waals surface area (Å²) in [7, 11) is 0. The highest BCUT2D eigenvalue weighted by Gasteiger charge is 2.32. The number of carbonyl (C=O) groups excluding carboxylic acids is 2. The molecule has 2 amide bonds. The van der Waals surface area contributed by atoms with Crippen LogP contribution in [0.3, 0.4) is 0 Å². The van der Waals surface area contributed by atoms with Crippen LogP contribution in [0.15, 0.2) is 85.3 Å². The van der Waals surface area contributed by atoms with E-state index in [2.05, 4.69) is 63.1 Å². The first kappa shape index (κ1) is 29.2. The molecule has 0 saturated heterocycles. The molecule has 8 nitrogen and oxygen atoms in total. The summed E-state index contributed by atoms with van der Waals surface area (Å²) in [6.07, 6.45) is 4.47. The number of benzene rings is 3. The minimum absolute atomic E-state index is 0.115. The van der Waals surface area contributed by atoms with E-state index in [1.807, 2.05) is 50.4 Å². The van der Waals surface area contributed by atoms with E-state index in [-0.39, 0.29) is 18.2 Å². The third kappa shape index (κ3) is 6.95. The number of anilines is 1. The number of H-pyrrole nitrogens is 1. The van der Waals surface area contributed by atoms with Crippen molar-refractivity contribution in [2.75, 3.05) is 11.4 Å². The van der Waals surface area contributed by atoms with Crippen LogP contribution in [0.5, 0.6) is 0 Å². The molecule has 1 aliphatic rings. The van der Waals surface area contributed by atoms with Gasteiger partial charge in [0.15, 0.2) is 0 Å². The Hall–Kier alpha value is -4.27. The van der Waals surface area contributed by atoms with Crippen molar-refractivity contribution in [2.45, 2.75) is 64.3 Å². The number of nitrogens with zero attached hydrogens (tertiary/aromatic N) is 2. The van der Waals surface area contributed by atoms with Gasteiger partial charge in [-0.25, -0.2) is 4.98 Å². The van der Waals surface area contributed by atoms with E-state index >= 15 is 0 Å². The number of aromatic amines is 1. The molecule has 5 rings (SSSR count). The fourth-order valence-corrected chi connectivity index (χ4v) is 5.48. The number of fused-ring (bicyclic) bond motifs is 1. The summed E-state index contributed by atoms with van der Waals surface area (Å²) in [6, 6.07) is 23.8. The van der Waals surface area contributed by atoms with Gasteiger partial charge in [-0.3, -0.25) is 9.59 Å². The maximum atomic E-state index is 13.9. The first-order valence-corrected chi connectivity index (χ1v) is 14.5. The predicted octanol–water partition coefficient (Wildman–Crippen LogP) is 4.85. The number of rotatable bonds is 10. The number of aliphatic hydroxyl groups excluding tert-OH is 1. The number of hydrogen-bond donors (Lipinski definition) is 4. The van der Waals surface area contributed by atoms with Crippen LogP contribution < -0.4 is 15.5 Å². The van der Waals surface area contributed by atoms with Gasteiger partial charge in [0.25, 0.3) is 0 Å². The number of para-hydroxylation sites is 1. The lowest BCUT2D eigenvalue weighted by molar-refractivity contribution is -0.128. The molecule has 2 heterocycles. The Morgan fingerprint density at radius 3 is 2.50 bits per heavy atom. The number of amides is 2. The number of aliphatic hydroxyl groups is 1. The summed E-state index contributed by atoms with van der Waals surface area (Å²) < 4.78 is 0. The molecule has 2 atom stereocenters. The van der Waals surface area contributed by atoms with E-state index < -0.39 is 17.7 Å². The number of imidazole rings is 1. The fourth-order valence-electron chi connectivity index (χ4n) is 5.48. The smallest absolute Gasteiger partial charge is 0.249 e. The minimum atomic E-state index is -0.627. The number of aromatic nitrogens is 2. The zero-order valence-corrected chi connectivity index (χ0v) is 24.4. The van der Waals surface area contributed by atoms with Crippen molar-refractivity contribution < 1.29 is 14.7 Å². The van der Waals surface area contributed by atoms with E-state index in [1.54, 1.807) is 18.2 Å². The first-order valence-electron chi connectivity index (χ1n) is 14.5. The average Bonchev–Trinajstić information content (AvgIpc) is 3.48. The quantitative estimate of drug-likeness (QED) is 0.220. The molecule has 0 spiro atoms. The molecule has 0 unspecified atom stereocenters. The fraction of sp³-hybridized carbons (Fsp3) is 0.324. The van der Waals surface area contributed by atoms with E-state index in [4.69, 9.17) is 0 Å². The van der Waals surface area contributed by atoms with Gasteiger partial charge in [0.05, 0.1) is 24.7 Å². The van der Waals surface area contributed by atoms with Crippen molar-refractivity contribution in [3.8, 4) is 22.4 Å². The van der Waals surface area contributed by atoms with Crippen LogP contribution in [0.25, 0.3) is 22.4 Å².